The van der Waals surface area contributed by atoms with Gasteiger partial charge in [-0.15, -0.1) is 10.2 Å². The molecule has 0 aliphatic carbocycles. The number of nitrogens with one attached hydrogen (secondary N) is 1. The Morgan fingerprint density at radius 2 is 1.86 bits per heavy atom. The minimum Gasteiger partial charge on any atom is -0.461 e. The molecule has 1 N–H and O–H groups in total. The first kappa shape index (κ1) is 21.4. The highest BCUT2D eigenvalue weighted by Crippen LogP contribution is 2.30. The van der Waals surface area contributed by atoms with Gasteiger partial charge in [0.15, 0.2) is 11.4 Å². The SMILES string of the molecule is O=C(Nc1ccccc1)N1CCCN(c2nc3cc(Cl)ccc3c3nnc(-c4ccco4)n23)CC1. The van der Waals surface area contributed by atoms with Crippen molar-refractivity contribution in [3.63, 3.8) is 0 Å². The Labute approximate surface area is 205 Å². The number of benzene rings is 2. The van der Waals surface area contributed by atoms with Crippen LogP contribution < -0.4 is 10.2 Å². The highest BCUT2D eigenvalue weighted by molar-refractivity contribution is 6.31. The summed E-state index contributed by atoms with van der Waals surface area (Å²) in [5, 5.41) is 13.3. The van der Waals surface area contributed by atoms with Gasteiger partial charge in [0.2, 0.25) is 11.8 Å². The number of furan rings is 1. The Balaban J connectivity index is 1.36. The molecule has 0 saturated carbocycles. The first-order valence-corrected chi connectivity index (χ1v) is 11.8. The number of carbonyl (C=O) groups excluding carboxylic acids is 1. The maximum atomic E-state index is 12.9. The van der Waals surface area contributed by atoms with Crippen molar-refractivity contribution in [3.05, 3.63) is 71.9 Å². The van der Waals surface area contributed by atoms with Crippen LogP contribution >= 0.6 is 11.6 Å². The third-order valence-electron chi connectivity index (χ3n) is 6.12. The lowest BCUT2D eigenvalue weighted by Gasteiger charge is -2.24. The summed E-state index contributed by atoms with van der Waals surface area (Å²) in [7, 11) is 0. The number of hydrogen-bond donors (Lipinski definition) is 1. The molecular formula is C25H22ClN7O2. The number of carbonyl (C=O) groups is 1. The fourth-order valence-electron chi connectivity index (χ4n) is 4.41. The van der Waals surface area contributed by atoms with Crippen molar-refractivity contribution >= 4 is 45.8 Å². The van der Waals surface area contributed by atoms with Crippen molar-refractivity contribution in [1.82, 2.24) is 24.5 Å². The van der Waals surface area contributed by atoms with Crippen LogP contribution in [-0.2, 0) is 0 Å². The van der Waals surface area contributed by atoms with Gasteiger partial charge in [-0.25, -0.2) is 14.2 Å². The van der Waals surface area contributed by atoms with Crippen molar-refractivity contribution in [2.45, 2.75) is 6.42 Å². The van der Waals surface area contributed by atoms with Crippen LogP contribution in [0.4, 0.5) is 16.4 Å². The second kappa shape index (κ2) is 8.92. The van der Waals surface area contributed by atoms with Gasteiger partial charge < -0.3 is 19.5 Å². The van der Waals surface area contributed by atoms with Crippen molar-refractivity contribution in [2.75, 3.05) is 36.4 Å². The van der Waals surface area contributed by atoms with Crippen molar-refractivity contribution in [3.8, 4) is 11.6 Å². The van der Waals surface area contributed by atoms with E-state index in [-0.39, 0.29) is 6.03 Å². The van der Waals surface area contributed by atoms with Crippen LogP contribution in [0.25, 0.3) is 28.1 Å². The number of rotatable bonds is 3. The van der Waals surface area contributed by atoms with E-state index >= 15 is 0 Å². The highest BCUT2D eigenvalue weighted by atomic mass is 35.5. The fourth-order valence-corrected chi connectivity index (χ4v) is 4.58. The molecule has 176 valence electrons. The summed E-state index contributed by atoms with van der Waals surface area (Å²) in [6, 6.07) is 18.6. The molecule has 2 aromatic carbocycles. The largest absolute Gasteiger partial charge is 0.461 e. The van der Waals surface area contributed by atoms with Crippen molar-refractivity contribution in [2.24, 2.45) is 0 Å². The fraction of sp³-hybridized carbons (Fsp3) is 0.200. The molecule has 1 saturated heterocycles. The minimum atomic E-state index is -0.109. The molecule has 5 aromatic rings. The average molecular weight is 488 g/mol. The molecule has 0 bridgehead atoms. The minimum absolute atomic E-state index is 0.109. The molecule has 6 rings (SSSR count). The summed E-state index contributed by atoms with van der Waals surface area (Å²) < 4.78 is 7.56. The van der Waals surface area contributed by atoms with Crippen LogP contribution in [0.15, 0.2) is 71.3 Å². The standard InChI is InChI=1S/C25H22ClN7O2/c26-17-9-10-19-20(16-17)28-24(33-22(19)29-30-23(33)21-8-4-15-35-21)31-11-5-12-32(14-13-31)25(34)27-18-6-2-1-3-7-18/h1-4,6-10,15-16H,5,11-14H2,(H,27,34). The van der Waals surface area contributed by atoms with E-state index in [9.17, 15) is 4.79 Å². The van der Waals surface area contributed by atoms with Crippen LogP contribution in [0.2, 0.25) is 5.02 Å². The van der Waals surface area contributed by atoms with Gasteiger partial charge in [0.25, 0.3) is 0 Å². The Morgan fingerprint density at radius 3 is 2.69 bits per heavy atom. The number of hydrogen-bond acceptors (Lipinski definition) is 6. The number of anilines is 2. The normalized spacial score (nSPS) is 14.4. The number of urea groups is 1. The average Bonchev–Trinajstić information content (AvgIpc) is 3.49. The summed E-state index contributed by atoms with van der Waals surface area (Å²) in [5.41, 5.74) is 2.19. The van der Waals surface area contributed by atoms with E-state index in [1.165, 1.54) is 0 Å². The number of amides is 2. The Bertz CT molecular complexity index is 1500. The molecule has 0 atom stereocenters. The molecule has 2 amide bonds. The molecule has 0 radical (unpaired) electrons. The maximum absolute atomic E-state index is 12.9. The zero-order valence-corrected chi connectivity index (χ0v) is 19.5. The van der Waals surface area contributed by atoms with Crippen molar-refractivity contribution < 1.29 is 9.21 Å². The monoisotopic (exact) mass is 487 g/mol. The zero-order valence-electron chi connectivity index (χ0n) is 18.8. The van der Waals surface area contributed by atoms with E-state index in [4.69, 9.17) is 21.0 Å². The van der Waals surface area contributed by atoms with Crippen LogP contribution in [-0.4, -0.2) is 56.7 Å². The lowest BCUT2D eigenvalue weighted by Crippen LogP contribution is -2.38. The maximum Gasteiger partial charge on any atom is 0.321 e. The number of para-hydroxylation sites is 1. The summed E-state index contributed by atoms with van der Waals surface area (Å²) in [4.78, 5) is 21.9. The van der Waals surface area contributed by atoms with Gasteiger partial charge in [-0.05, 0) is 48.9 Å². The molecule has 3 aromatic heterocycles. The third-order valence-corrected chi connectivity index (χ3v) is 6.35. The second-order valence-corrected chi connectivity index (χ2v) is 8.79. The molecule has 1 aliphatic heterocycles. The molecule has 10 heteroatoms. The predicted molar refractivity (Wildman–Crippen MR) is 135 cm³/mol. The van der Waals surface area contributed by atoms with Crippen LogP contribution in [0.5, 0.6) is 0 Å². The van der Waals surface area contributed by atoms with Gasteiger partial charge >= 0.3 is 6.03 Å². The molecule has 35 heavy (non-hydrogen) atoms. The van der Waals surface area contributed by atoms with E-state index in [0.717, 1.165) is 29.6 Å². The smallest absolute Gasteiger partial charge is 0.321 e. The first-order chi connectivity index (χ1) is 17.2. The van der Waals surface area contributed by atoms with Gasteiger partial charge in [0.1, 0.15) is 0 Å². The van der Waals surface area contributed by atoms with Gasteiger partial charge in [-0.1, -0.05) is 29.8 Å². The molecule has 4 heterocycles. The molecule has 9 nitrogen and oxygen atoms in total. The predicted octanol–water partition coefficient (Wildman–Crippen LogP) is 4.94. The number of fused-ring (bicyclic) bond motifs is 3. The third kappa shape index (κ3) is 4.04. The second-order valence-electron chi connectivity index (χ2n) is 8.36. The quantitative estimate of drug-likeness (QED) is 0.388. The highest BCUT2D eigenvalue weighted by Gasteiger charge is 2.25. The summed E-state index contributed by atoms with van der Waals surface area (Å²) in [6.45, 7) is 2.52. The molecular weight excluding hydrogens is 466 g/mol. The zero-order chi connectivity index (χ0) is 23.8. The number of halogens is 1. The van der Waals surface area contributed by atoms with Crippen LogP contribution in [0.1, 0.15) is 6.42 Å². The summed E-state index contributed by atoms with van der Waals surface area (Å²) in [5.74, 6) is 1.87. The Hall–Kier alpha value is -4.11. The Morgan fingerprint density at radius 1 is 0.971 bits per heavy atom. The molecule has 0 spiro atoms. The van der Waals surface area contributed by atoms with E-state index in [1.54, 1.807) is 6.26 Å². The number of aromatic nitrogens is 4. The van der Waals surface area contributed by atoms with E-state index < -0.39 is 0 Å². The van der Waals surface area contributed by atoms with E-state index in [1.807, 2.05) is 70.0 Å². The van der Waals surface area contributed by atoms with Gasteiger partial charge in [0, 0.05) is 42.3 Å². The van der Waals surface area contributed by atoms with Crippen LogP contribution in [0.3, 0.4) is 0 Å². The lowest BCUT2D eigenvalue weighted by atomic mass is 10.2. The molecule has 0 unspecified atom stereocenters. The molecule has 1 aliphatic rings. The topological polar surface area (TPSA) is 91.8 Å². The van der Waals surface area contributed by atoms with Gasteiger partial charge in [-0.3, -0.25) is 0 Å². The summed E-state index contributed by atoms with van der Waals surface area (Å²) in [6.07, 6.45) is 2.40. The molecule has 1 fully saturated rings. The van der Waals surface area contributed by atoms with Gasteiger partial charge in [0.05, 0.1) is 11.8 Å². The Kier molecular flexibility index (Phi) is 5.46. The van der Waals surface area contributed by atoms with E-state index in [2.05, 4.69) is 20.4 Å². The summed E-state index contributed by atoms with van der Waals surface area (Å²) >= 11 is 6.28. The van der Waals surface area contributed by atoms with Gasteiger partial charge in [-0.2, -0.15) is 0 Å². The van der Waals surface area contributed by atoms with E-state index in [0.29, 0.717) is 47.8 Å². The first-order valence-electron chi connectivity index (χ1n) is 11.4. The van der Waals surface area contributed by atoms with Crippen LogP contribution in [0, 0.1) is 0 Å². The van der Waals surface area contributed by atoms with Crippen molar-refractivity contribution in [1.29, 1.82) is 0 Å². The lowest BCUT2D eigenvalue weighted by molar-refractivity contribution is 0.215. The number of nitrogens with zero attached hydrogens (tertiary/aromatic N) is 6.